The normalized spacial score (nSPS) is 10.5. The van der Waals surface area contributed by atoms with Crippen molar-refractivity contribution in [2.45, 2.75) is 12.8 Å². The highest BCUT2D eigenvalue weighted by molar-refractivity contribution is 6.30. The molecule has 5 heteroatoms. The number of carbonyl (C=O) groups excluding carboxylic acids is 1. The number of benzene rings is 2. The first-order valence-electron chi connectivity index (χ1n) is 7.67. The largest absolute Gasteiger partial charge is 0.360 e. The quantitative estimate of drug-likeness (QED) is 0.747. The molecule has 0 spiro atoms. The molecule has 0 aliphatic rings. The van der Waals surface area contributed by atoms with Gasteiger partial charge in [-0.05, 0) is 41.8 Å². The maximum atomic E-state index is 12.0. The van der Waals surface area contributed by atoms with E-state index in [0.29, 0.717) is 30.0 Å². The van der Waals surface area contributed by atoms with Crippen LogP contribution in [-0.2, 0) is 17.6 Å². The summed E-state index contributed by atoms with van der Waals surface area (Å²) in [5.41, 5.74) is 3.56. The monoisotopic (exact) mass is 337 g/mol. The highest BCUT2D eigenvalue weighted by atomic mass is 35.5. The predicted octanol–water partition coefficient (Wildman–Crippen LogP) is 3.59. The van der Waals surface area contributed by atoms with E-state index in [-0.39, 0.29) is 5.91 Å². The first-order valence-corrected chi connectivity index (χ1v) is 8.05. The molecular weight excluding hydrogens is 322 g/mol. The fourth-order valence-electron chi connectivity index (χ4n) is 2.66. The zero-order valence-corrected chi connectivity index (χ0v) is 13.7. The van der Waals surface area contributed by atoms with Gasteiger partial charge in [0.2, 0.25) is 5.91 Å². The number of nitrogens with one attached hydrogen (secondary N) is 2. The molecule has 2 aromatic carbocycles. The molecule has 0 aliphatic heterocycles. The summed E-state index contributed by atoms with van der Waals surface area (Å²) in [6, 6.07) is 15.4. The van der Waals surface area contributed by atoms with E-state index in [2.05, 4.69) is 16.4 Å². The number of fused-ring (bicyclic) bond motifs is 1. The van der Waals surface area contributed by atoms with Crippen LogP contribution in [0.3, 0.4) is 0 Å². The lowest BCUT2D eigenvalue weighted by molar-refractivity contribution is -0.120. The van der Waals surface area contributed by atoms with Gasteiger partial charge in [-0.3, -0.25) is 4.79 Å². The Morgan fingerprint density at radius 1 is 1.21 bits per heavy atom. The molecular formula is C19H16ClN3O. The Bertz CT molecular complexity index is 924. The summed E-state index contributed by atoms with van der Waals surface area (Å²) in [5.74, 6) is -0.0299. The van der Waals surface area contributed by atoms with Crippen molar-refractivity contribution in [1.29, 1.82) is 5.26 Å². The van der Waals surface area contributed by atoms with E-state index in [4.69, 9.17) is 16.9 Å². The highest BCUT2D eigenvalue weighted by Crippen LogP contribution is 2.19. The topological polar surface area (TPSA) is 68.7 Å². The molecule has 0 fully saturated rings. The van der Waals surface area contributed by atoms with Gasteiger partial charge in [0, 0.05) is 28.7 Å². The molecule has 0 saturated heterocycles. The van der Waals surface area contributed by atoms with E-state index in [1.54, 1.807) is 18.3 Å². The Kier molecular flexibility index (Phi) is 4.83. The lowest BCUT2D eigenvalue weighted by Crippen LogP contribution is -2.27. The summed E-state index contributed by atoms with van der Waals surface area (Å²) >= 11 is 5.92. The molecule has 0 saturated carbocycles. The first-order chi connectivity index (χ1) is 11.7. The van der Waals surface area contributed by atoms with Gasteiger partial charge in [-0.15, -0.1) is 0 Å². The average Bonchev–Trinajstić information content (AvgIpc) is 2.97. The second kappa shape index (κ2) is 7.20. The van der Waals surface area contributed by atoms with Gasteiger partial charge in [0.1, 0.15) is 6.07 Å². The summed E-state index contributed by atoms with van der Waals surface area (Å²) in [7, 11) is 0. The van der Waals surface area contributed by atoms with Crippen LogP contribution in [0.1, 0.15) is 16.7 Å². The number of halogens is 1. The van der Waals surface area contributed by atoms with Gasteiger partial charge in [-0.25, -0.2) is 0 Å². The van der Waals surface area contributed by atoms with Crippen molar-refractivity contribution in [1.82, 2.24) is 10.3 Å². The van der Waals surface area contributed by atoms with Crippen molar-refractivity contribution >= 4 is 28.4 Å². The third-order valence-electron chi connectivity index (χ3n) is 3.86. The van der Waals surface area contributed by atoms with Crippen LogP contribution in [0.15, 0.2) is 48.7 Å². The summed E-state index contributed by atoms with van der Waals surface area (Å²) in [4.78, 5) is 15.1. The van der Waals surface area contributed by atoms with Crippen LogP contribution in [0.2, 0.25) is 5.02 Å². The summed E-state index contributed by atoms with van der Waals surface area (Å²) < 4.78 is 0. The lowest BCUT2D eigenvalue weighted by Gasteiger charge is -2.06. The molecule has 3 aromatic rings. The zero-order chi connectivity index (χ0) is 16.9. The van der Waals surface area contributed by atoms with E-state index in [1.807, 2.05) is 30.3 Å². The Morgan fingerprint density at radius 2 is 2.08 bits per heavy atom. The van der Waals surface area contributed by atoms with Gasteiger partial charge in [0.15, 0.2) is 0 Å². The summed E-state index contributed by atoms with van der Waals surface area (Å²) in [6.07, 6.45) is 2.74. The predicted molar refractivity (Wildman–Crippen MR) is 94.9 cm³/mol. The standard InChI is InChI=1S/C19H16ClN3O/c20-16-3-1-2-14(8-16)10-19(24)22-7-6-13-4-5-18-17(9-13)15(11-21)12-23-18/h1-5,8-9,12,23H,6-7,10H2,(H,22,24). The third kappa shape index (κ3) is 3.76. The van der Waals surface area contributed by atoms with Crippen molar-refractivity contribution in [3.05, 3.63) is 70.4 Å². The number of rotatable bonds is 5. The molecule has 1 aromatic heterocycles. The second-order valence-corrected chi connectivity index (χ2v) is 6.04. The number of amides is 1. The van der Waals surface area contributed by atoms with Crippen LogP contribution in [0.5, 0.6) is 0 Å². The summed E-state index contributed by atoms with van der Waals surface area (Å²) in [6.45, 7) is 0.553. The molecule has 0 aliphatic carbocycles. The molecule has 1 amide bonds. The van der Waals surface area contributed by atoms with Crippen molar-refractivity contribution in [3.63, 3.8) is 0 Å². The van der Waals surface area contributed by atoms with Crippen LogP contribution in [0.25, 0.3) is 10.9 Å². The van der Waals surface area contributed by atoms with Crippen molar-refractivity contribution in [3.8, 4) is 6.07 Å². The average molecular weight is 338 g/mol. The van der Waals surface area contributed by atoms with Gasteiger partial charge in [0.25, 0.3) is 0 Å². The van der Waals surface area contributed by atoms with Crippen LogP contribution in [0, 0.1) is 11.3 Å². The number of aromatic amines is 1. The Balaban J connectivity index is 1.56. The second-order valence-electron chi connectivity index (χ2n) is 5.60. The maximum Gasteiger partial charge on any atom is 0.224 e. The molecule has 0 bridgehead atoms. The van der Waals surface area contributed by atoms with Gasteiger partial charge in [-0.2, -0.15) is 5.26 Å². The molecule has 2 N–H and O–H groups in total. The van der Waals surface area contributed by atoms with Crippen LogP contribution >= 0.6 is 11.6 Å². The SMILES string of the molecule is N#Cc1c[nH]c2ccc(CCNC(=O)Cc3cccc(Cl)c3)cc12. The van der Waals surface area contributed by atoms with E-state index >= 15 is 0 Å². The molecule has 3 rings (SSSR count). The van der Waals surface area contributed by atoms with Gasteiger partial charge in [0.05, 0.1) is 12.0 Å². The van der Waals surface area contributed by atoms with Gasteiger partial charge < -0.3 is 10.3 Å². The number of H-pyrrole nitrogens is 1. The van der Waals surface area contributed by atoms with Crippen molar-refractivity contribution < 1.29 is 4.79 Å². The van der Waals surface area contributed by atoms with E-state index in [1.165, 1.54) is 0 Å². The van der Waals surface area contributed by atoms with E-state index in [9.17, 15) is 4.79 Å². The van der Waals surface area contributed by atoms with Crippen molar-refractivity contribution in [2.75, 3.05) is 6.54 Å². The molecule has 4 nitrogen and oxygen atoms in total. The fourth-order valence-corrected chi connectivity index (χ4v) is 2.87. The Labute approximate surface area is 145 Å². The van der Waals surface area contributed by atoms with Crippen LogP contribution in [0.4, 0.5) is 0 Å². The zero-order valence-electron chi connectivity index (χ0n) is 13.0. The van der Waals surface area contributed by atoms with E-state index < -0.39 is 0 Å². The van der Waals surface area contributed by atoms with Crippen LogP contribution < -0.4 is 5.32 Å². The Hall–Kier alpha value is -2.77. The number of nitriles is 1. The van der Waals surface area contributed by atoms with Gasteiger partial charge in [-0.1, -0.05) is 29.8 Å². The number of nitrogens with zero attached hydrogens (tertiary/aromatic N) is 1. The smallest absolute Gasteiger partial charge is 0.224 e. The first kappa shape index (κ1) is 16.1. The van der Waals surface area contributed by atoms with Crippen LogP contribution in [-0.4, -0.2) is 17.4 Å². The number of hydrogen-bond acceptors (Lipinski definition) is 2. The minimum Gasteiger partial charge on any atom is -0.360 e. The van der Waals surface area contributed by atoms with Gasteiger partial charge >= 0.3 is 0 Å². The number of aromatic nitrogens is 1. The number of carbonyl (C=O) groups is 1. The molecule has 120 valence electrons. The minimum atomic E-state index is -0.0299. The highest BCUT2D eigenvalue weighted by Gasteiger charge is 2.06. The number of hydrogen-bond donors (Lipinski definition) is 2. The molecule has 1 heterocycles. The summed E-state index contributed by atoms with van der Waals surface area (Å²) in [5, 5.41) is 13.6. The lowest BCUT2D eigenvalue weighted by atomic mass is 10.1. The minimum absolute atomic E-state index is 0.0299. The fraction of sp³-hybridized carbons (Fsp3) is 0.158. The molecule has 0 radical (unpaired) electrons. The molecule has 24 heavy (non-hydrogen) atoms. The van der Waals surface area contributed by atoms with E-state index in [0.717, 1.165) is 22.0 Å². The van der Waals surface area contributed by atoms with Crippen molar-refractivity contribution in [2.24, 2.45) is 0 Å². The maximum absolute atomic E-state index is 12.0. The third-order valence-corrected chi connectivity index (χ3v) is 4.09. The molecule has 0 atom stereocenters. The molecule has 0 unspecified atom stereocenters. The Morgan fingerprint density at radius 3 is 2.88 bits per heavy atom.